The van der Waals surface area contributed by atoms with Crippen LogP contribution < -0.4 is 11.1 Å². The summed E-state index contributed by atoms with van der Waals surface area (Å²) in [4.78, 5) is 29.8. The van der Waals surface area contributed by atoms with Crippen molar-refractivity contribution in [3.63, 3.8) is 0 Å². The van der Waals surface area contributed by atoms with Crippen molar-refractivity contribution >= 4 is 17.5 Å². The predicted octanol–water partition coefficient (Wildman–Crippen LogP) is 1.93. The number of anilines is 1. The van der Waals surface area contributed by atoms with Crippen molar-refractivity contribution in [2.24, 2.45) is 0 Å². The summed E-state index contributed by atoms with van der Waals surface area (Å²) in [6.45, 7) is 1.84. The third-order valence-corrected chi connectivity index (χ3v) is 4.02. The Kier molecular flexibility index (Phi) is 5.52. The van der Waals surface area contributed by atoms with Crippen molar-refractivity contribution in [1.29, 1.82) is 0 Å². The Morgan fingerprint density at radius 2 is 2.08 bits per heavy atom. The van der Waals surface area contributed by atoms with Crippen LogP contribution in [0.2, 0.25) is 0 Å². The van der Waals surface area contributed by atoms with E-state index in [4.69, 9.17) is 5.73 Å². The molecule has 126 valence electrons. The van der Waals surface area contributed by atoms with Crippen LogP contribution >= 0.6 is 0 Å². The highest BCUT2D eigenvalue weighted by atomic mass is 16.2. The molecule has 0 aliphatic carbocycles. The Labute approximate surface area is 141 Å². The molecule has 1 aromatic carbocycles. The molecule has 1 atom stereocenters. The first kappa shape index (κ1) is 17.5. The molecule has 0 saturated carbocycles. The Hall–Kier alpha value is -2.89. The number of carbonyl (C=O) groups is 2. The van der Waals surface area contributed by atoms with Crippen molar-refractivity contribution in [2.45, 2.75) is 19.4 Å². The lowest BCUT2D eigenvalue weighted by molar-refractivity contribution is -0.121. The van der Waals surface area contributed by atoms with Gasteiger partial charge in [-0.3, -0.25) is 14.6 Å². The van der Waals surface area contributed by atoms with Crippen LogP contribution in [0.25, 0.3) is 11.1 Å². The third kappa shape index (κ3) is 3.90. The summed E-state index contributed by atoms with van der Waals surface area (Å²) in [6, 6.07) is 8.76. The van der Waals surface area contributed by atoms with Gasteiger partial charge in [-0.1, -0.05) is 12.1 Å². The van der Waals surface area contributed by atoms with Gasteiger partial charge < -0.3 is 16.0 Å². The van der Waals surface area contributed by atoms with Crippen LogP contribution in [-0.4, -0.2) is 41.8 Å². The number of rotatable bonds is 5. The van der Waals surface area contributed by atoms with Gasteiger partial charge in [-0.15, -0.1) is 0 Å². The minimum Gasteiger partial charge on any atom is -0.398 e. The fourth-order valence-corrected chi connectivity index (χ4v) is 2.38. The lowest BCUT2D eigenvalue weighted by Crippen LogP contribution is -2.38. The summed E-state index contributed by atoms with van der Waals surface area (Å²) in [7, 11) is 3.28. The smallest absolute Gasteiger partial charge is 0.253 e. The van der Waals surface area contributed by atoms with Crippen molar-refractivity contribution in [3.05, 3.63) is 48.3 Å². The van der Waals surface area contributed by atoms with Crippen LogP contribution in [0.15, 0.2) is 42.7 Å². The third-order valence-electron chi connectivity index (χ3n) is 4.02. The highest BCUT2D eigenvalue weighted by Gasteiger charge is 2.20. The Morgan fingerprint density at radius 1 is 1.33 bits per heavy atom. The standard InChI is InChI=1S/C18H22N4O2/c1-12(9-17(23)20-2)22(3)18(24)14-6-4-5-13(10-14)15-11-21-8-7-16(15)19/h4-8,10-12H,9H2,1-3H3,(H2,19,21)(H,20,23). The summed E-state index contributed by atoms with van der Waals surface area (Å²) in [5, 5.41) is 2.57. The Balaban J connectivity index is 2.23. The average molecular weight is 326 g/mol. The van der Waals surface area contributed by atoms with Gasteiger partial charge in [0.15, 0.2) is 0 Å². The molecule has 0 spiro atoms. The monoisotopic (exact) mass is 326 g/mol. The molecule has 2 rings (SSSR count). The number of carbonyl (C=O) groups excluding carboxylic acids is 2. The molecule has 2 aromatic rings. The number of hydrogen-bond acceptors (Lipinski definition) is 4. The van der Waals surface area contributed by atoms with Crippen molar-refractivity contribution in [2.75, 3.05) is 19.8 Å². The molecule has 3 N–H and O–H groups in total. The molecule has 0 bridgehead atoms. The molecule has 24 heavy (non-hydrogen) atoms. The van der Waals surface area contributed by atoms with Gasteiger partial charge in [0, 0.05) is 55.8 Å². The second kappa shape index (κ2) is 7.59. The van der Waals surface area contributed by atoms with Gasteiger partial charge in [0.05, 0.1) is 0 Å². The van der Waals surface area contributed by atoms with E-state index in [-0.39, 0.29) is 24.3 Å². The molecule has 1 heterocycles. The average Bonchev–Trinajstić information content (AvgIpc) is 2.60. The zero-order chi connectivity index (χ0) is 17.7. The molecule has 6 nitrogen and oxygen atoms in total. The van der Waals surface area contributed by atoms with E-state index in [9.17, 15) is 9.59 Å². The topological polar surface area (TPSA) is 88.3 Å². The molecule has 0 aliphatic heterocycles. The van der Waals surface area contributed by atoms with Gasteiger partial charge in [0.2, 0.25) is 5.91 Å². The quantitative estimate of drug-likeness (QED) is 0.879. The number of nitrogens with two attached hydrogens (primary N) is 1. The summed E-state index contributed by atoms with van der Waals surface area (Å²) < 4.78 is 0. The van der Waals surface area contributed by atoms with Crippen LogP contribution in [0.4, 0.5) is 5.69 Å². The maximum absolute atomic E-state index is 12.7. The number of aromatic nitrogens is 1. The van der Waals surface area contributed by atoms with E-state index in [0.29, 0.717) is 11.3 Å². The first-order valence-electron chi connectivity index (χ1n) is 7.71. The molecule has 1 unspecified atom stereocenters. The molecule has 0 saturated heterocycles. The number of nitrogens with one attached hydrogen (secondary N) is 1. The lowest BCUT2D eigenvalue weighted by atomic mass is 10.0. The largest absolute Gasteiger partial charge is 0.398 e. The van der Waals surface area contributed by atoms with Crippen LogP contribution in [0.3, 0.4) is 0 Å². The van der Waals surface area contributed by atoms with Crippen LogP contribution in [0, 0.1) is 0 Å². The van der Waals surface area contributed by atoms with Gasteiger partial charge in [0.1, 0.15) is 0 Å². The number of hydrogen-bond donors (Lipinski definition) is 2. The molecular formula is C18H22N4O2. The minimum absolute atomic E-state index is 0.0981. The second-order valence-electron chi connectivity index (χ2n) is 5.69. The lowest BCUT2D eigenvalue weighted by Gasteiger charge is -2.24. The maximum atomic E-state index is 12.7. The zero-order valence-electron chi connectivity index (χ0n) is 14.1. The van der Waals surface area contributed by atoms with Gasteiger partial charge in [-0.25, -0.2) is 0 Å². The van der Waals surface area contributed by atoms with Crippen LogP contribution in [0.1, 0.15) is 23.7 Å². The summed E-state index contributed by atoms with van der Waals surface area (Å²) in [6.07, 6.45) is 3.56. The maximum Gasteiger partial charge on any atom is 0.253 e. The molecule has 6 heteroatoms. The number of nitrogens with zero attached hydrogens (tertiary/aromatic N) is 2. The van der Waals surface area contributed by atoms with E-state index in [1.807, 2.05) is 19.1 Å². The molecule has 2 amide bonds. The van der Waals surface area contributed by atoms with E-state index in [1.165, 1.54) is 0 Å². The van der Waals surface area contributed by atoms with E-state index in [2.05, 4.69) is 10.3 Å². The van der Waals surface area contributed by atoms with Crippen molar-refractivity contribution in [3.8, 4) is 11.1 Å². The number of benzene rings is 1. The van der Waals surface area contributed by atoms with Crippen molar-refractivity contribution < 1.29 is 9.59 Å². The Morgan fingerprint density at radius 3 is 2.75 bits per heavy atom. The fourth-order valence-electron chi connectivity index (χ4n) is 2.38. The van der Waals surface area contributed by atoms with E-state index >= 15 is 0 Å². The Bertz CT molecular complexity index is 745. The second-order valence-corrected chi connectivity index (χ2v) is 5.69. The van der Waals surface area contributed by atoms with Crippen molar-refractivity contribution in [1.82, 2.24) is 15.2 Å². The predicted molar refractivity (Wildman–Crippen MR) is 94.3 cm³/mol. The number of amides is 2. The van der Waals surface area contributed by atoms with Crippen LogP contribution in [-0.2, 0) is 4.79 Å². The van der Waals surface area contributed by atoms with Crippen LogP contribution in [0.5, 0.6) is 0 Å². The van der Waals surface area contributed by atoms with Gasteiger partial charge in [0.25, 0.3) is 5.91 Å². The van der Waals surface area contributed by atoms with E-state index in [0.717, 1.165) is 11.1 Å². The first-order valence-corrected chi connectivity index (χ1v) is 7.71. The van der Waals surface area contributed by atoms with Gasteiger partial charge in [-0.2, -0.15) is 0 Å². The molecule has 0 aliphatic rings. The minimum atomic E-state index is -0.204. The van der Waals surface area contributed by atoms with E-state index < -0.39 is 0 Å². The van der Waals surface area contributed by atoms with Gasteiger partial charge in [-0.05, 0) is 30.7 Å². The first-order chi connectivity index (χ1) is 11.4. The fraction of sp³-hybridized carbons (Fsp3) is 0.278. The highest BCUT2D eigenvalue weighted by molar-refractivity contribution is 5.96. The zero-order valence-corrected chi connectivity index (χ0v) is 14.1. The molecule has 0 fully saturated rings. The SMILES string of the molecule is CNC(=O)CC(C)N(C)C(=O)c1cccc(-c2cnccc2N)c1. The summed E-state index contributed by atoms with van der Waals surface area (Å²) >= 11 is 0. The molecule has 0 radical (unpaired) electrons. The molecule has 1 aromatic heterocycles. The number of pyridine rings is 1. The summed E-state index contributed by atoms with van der Waals surface area (Å²) in [5.74, 6) is -0.241. The highest BCUT2D eigenvalue weighted by Crippen LogP contribution is 2.25. The molecular weight excluding hydrogens is 304 g/mol. The van der Waals surface area contributed by atoms with Gasteiger partial charge >= 0.3 is 0 Å². The number of nitrogen functional groups attached to an aromatic ring is 1. The normalized spacial score (nSPS) is 11.6. The van der Waals surface area contributed by atoms with E-state index in [1.54, 1.807) is 49.6 Å². The summed E-state index contributed by atoms with van der Waals surface area (Å²) in [5.41, 5.74) is 8.75.